The summed E-state index contributed by atoms with van der Waals surface area (Å²) in [5, 5.41) is 30.6. The van der Waals surface area contributed by atoms with Crippen molar-refractivity contribution in [2.45, 2.75) is 12.5 Å². The van der Waals surface area contributed by atoms with Crippen LogP contribution in [0.3, 0.4) is 0 Å². The van der Waals surface area contributed by atoms with E-state index in [1.54, 1.807) is 6.07 Å². The number of phenols is 1. The lowest BCUT2D eigenvalue weighted by Crippen LogP contribution is -2.55. The van der Waals surface area contributed by atoms with E-state index in [0.717, 1.165) is 10.8 Å². The van der Waals surface area contributed by atoms with E-state index in [0.29, 0.717) is 23.3 Å². The van der Waals surface area contributed by atoms with Gasteiger partial charge in [-0.2, -0.15) is 5.26 Å². The number of benzene rings is 2. The Bertz CT molecular complexity index is 1470. The summed E-state index contributed by atoms with van der Waals surface area (Å²) in [4.78, 5) is 27.4. The molecule has 34 heavy (non-hydrogen) atoms. The lowest BCUT2D eigenvalue weighted by molar-refractivity contribution is 0.119. The van der Waals surface area contributed by atoms with Crippen LogP contribution in [0.25, 0.3) is 32.9 Å². The van der Waals surface area contributed by atoms with E-state index < -0.39 is 18.0 Å². The molecule has 5 rings (SSSR count). The van der Waals surface area contributed by atoms with Gasteiger partial charge < -0.3 is 20.0 Å². The first-order valence-corrected chi connectivity index (χ1v) is 10.6. The van der Waals surface area contributed by atoms with Gasteiger partial charge >= 0.3 is 6.09 Å². The molecule has 10 heteroatoms. The fourth-order valence-corrected chi connectivity index (χ4v) is 4.49. The highest BCUT2D eigenvalue weighted by Crippen LogP contribution is 2.36. The van der Waals surface area contributed by atoms with E-state index in [-0.39, 0.29) is 36.5 Å². The zero-order valence-corrected chi connectivity index (χ0v) is 17.9. The second-order valence-corrected chi connectivity index (χ2v) is 8.03. The number of aromatic hydroxyl groups is 1. The molecule has 1 amide bonds. The van der Waals surface area contributed by atoms with Crippen molar-refractivity contribution in [2.24, 2.45) is 0 Å². The third-order valence-corrected chi connectivity index (χ3v) is 6.06. The van der Waals surface area contributed by atoms with Gasteiger partial charge in [-0.15, -0.1) is 0 Å². The van der Waals surface area contributed by atoms with Gasteiger partial charge in [0.2, 0.25) is 0 Å². The predicted octanol–water partition coefficient (Wildman–Crippen LogP) is 3.77. The molecule has 1 aliphatic heterocycles. The molecule has 1 saturated heterocycles. The summed E-state index contributed by atoms with van der Waals surface area (Å²) >= 11 is 0. The van der Waals surface area contributed by atoms with Crippen LogP contribution < -0.4 is 4.90 Å². The van der Waals surface area contributed by atoms with E-state index in [2.05, 4.69) is 15.0 Å². The number of nitrogens with zero attached hydrogens (tertiary/aromatic N) is 6. The normalized spacial score (nSPS) is 16.1. The second-order valence-electron chi connectivity index (χ2n) is 8.03. The molecule has 170 valence electrons. The van der Waals surface area contributed by atoms with Crippen molar-refractivity contribution in [3.05, 3.63) is 54.7 Å². The minimum atomic E-state index is -1.08. The van der Waals surface area contributed by atoms with Crippen LogP contribution in [0, 0.1) is 17.1 Å². The van der Waals surface area contributed by atoms with Crippen LogP contribution in [-0.2, 0) is 0 Å². The number of nitriles is 1. The Hall–Kier alpha value is -4.52. The van der Waals surface area contributed by atoms with Gasteiger partial charge in [0, 0.05) is 31.4 Å². The molecule has 2 N–H and O–H groups in total. The minimum Gasteiger partial charge on any atom is -0.508 e. The molecular formula is C24H19FN6O3. The van der Waals surface area contributed by atoms with Gasteiger partial charge in [0.25, 0.3) is 0 Å². The molecule has 1 fully saturated rings. The summed E-state index contributed by atoms with van der Waals surface area (Å²) in [7, 11) is 0. The summed E-state index contributed by atoms with van der Waals surface area (Å²) in [5.41, 5.74) is 0.571. The Morgan fingerprint density at radius 3 is 2.79 bits per heavy atom. The van der Waals surface area contributed by atoms with E-state index >= 15 is 4.39 Å². The maximum Gasteiger partial charge on any atom is 0.407 e. The molecular weight excluding hydrogens is 439 g/mol. The summed E-state index contributed by atoms with van der Waals surface area (Å²) in [5.74, 6) is -0.218. The standard InChI is InChI=1S/C24H19FN6O3/c25-20-21(18-10-16(32)9-14-3-1-2-4-17(14)18)27-11-19-22(20)28-13-29-23(19)30-7-8-31(24(33)34)15(12-30)5-6-26/h1-4,9-11,13,15,32H,5,7-8,12H2,(H,33,34). The van der Waals surface area contributed by atoms with Crippen molar-refractivity contribution in [1.82, 2.24) is 19.9 Å². The molecule has 0 spiro atoms. The van der Waals surface area contributed by atoms with Gasteiger partial charge in [-0.05, 0) is 22.9 Å². The number of fused-ring (bicyclic) bond motifs is 2. The van der Waals surface area contributed by atoms with Gasteiger partial charge in [-0.25, -0.2) is 19.2 Å². The van der Waals surface area contributed by atoms with Crippen LogP contribution in [0.1, 0.15) is 6.42 Å². The molecule has 0 bridgehead atoms. The SMILES string of the molecule is N#CCC1CN(c2ncnc3c(F)c(-c4cc(O)cc5ccccc45)ncc23)CCN1C(=O)O. The lowest BCUT2D eigenvalue weighted by atomic mass is 10.00. The van der Waals surface area contributed by atoms with Crippen LogP contribution in [0.5, 0.6) is 5.75 Å². The van der Waals surface area contributed by atoms with Crippen molar-refractivity contribution in [3.63, 3.8) is 0 Å². The average Bonchev–Trinajstić information content (AvgIpc) is 2.83. The molecule has 2 aromatic carbocycles. The summed E-state index contributed by atoms with van der Waals surface area (Å²) in [6.07, 6.45) is 1.70. The number of hydrogen-bond acceptors (Lipinski definition) is 7. The molecule has 4 aromatic rings. The lowest BCUT2D eigenvalue weighted by Gasteiger charge is -2.39. The van der Waals surface area contributed by atoms with Crippen LogP contribution in [0.15, 0.2) is 48.9 Å². The highest BCUT2D eigenvalue weighted by molar-refractivity contribution is 5.99. The first kappa shape index (κ1) is 21.3. The second kappa shape index (κ2) is 8.44. The minimum absolute atomic E-state index is 0.00166. The number of hydrogen-bond donors (Lipinski definition) is 2. The fraction of sp³-hybridized carbons (Fsp3) is 0.208. The number of piperazine rings is 1. The Kier molecular flexibility index (Phi) is 5.30. The monoisotopic (exact) mass is 458 g/mol. The maximum absolute atomic E-state index is 15.7. The number of rotatable bonds is 3. The quantitative estimate of drug-likeness (QED) is 0.475. The molecule has 9 nitrogen and oxygen atoms in total. The van der Waals surface area contributed by atoms with Crippen molar-refractivity contribution in [2.75, 3.05) is 24.5 Å². The van der Waals surface area contributed by atoms with E-state index in [1.165, 1.54) is 23.5 Å². The smallest absolute Gasteiger partial charge is 0.407 e. The average molecular weight is 458 g/mol. The molecule has 1 atom stereocenters. The fourth-order valence-electron chi connectivity index (χ4n) is 4.49. The number of pyridine rings is 1. The maximum atomic E-state index is 15.7. The highest BCUT2D eigenvalue weighted by Gasteiger charge is 2.32. The predicted molar refractivity (Wildman–Crippen MR) is 123 cm³/mol. The first-order chi connectivity index (χ1) is 16.5. The summed E-state index contributed by atoms with van der Waals surface area (Å²) in [6, 6.07) is 11.9. The molecule has 2 aromatic heterocycles. The number of carboxylic acid groups (broad SMARTS) is 1. The molecule has 1 unspecified atom stereocenters. The Morgan fingerprint density at radius 1 is 1.18 bits per heavy atom. The third kappa shape index (κ3) is 3.57. The molecule has 0 aliphatic carbocycles. The molecule has 0 radical (unpaired) electrons. The number of phenolic OH excluding ortho intramolecular Hbond substituents is 1. The molecule has 3 heterocycles. The number of amides is 1. The van der Waals surface area contributed by atoms with E-state index in [9.17, 15) is 15.0 Å². The van der Waals surface area contributed by atoms with Gasteiger partial charge in [0.05, 0.1) is 23.9 Å². The number of anilines is 1. The Labute approximate surface area is 193 Å². The number of aromatic nitrogens is 3. The van der Waals surface area contributed by atoms with Gasteiger partial charge in [0.1, 0.15) is 29.1 Å². The highest BCUT2D eigenvalue weighted by atomic mass is 19.1. The largest absolute Gasteiger partial charge is 0.508 e. The van der Waals surface area contributed by atoms with Crippen LogP contribution >= 0.6 is 0 Å². The van der Waals surface area contributed by atoms with Gasteiger partial charge in [-0.3, -0.25) is 4.98 Å². The van der Waals surface area contributed by atoms with Gasteiger partial charge in [-0.1, -0.05) is 24.3 Å². The third-order valence-electron chi connectivity index (χ3n) is 6.06. The van der Waals surface area contributed by atoms with E-state index in [4.69, 9.17) is 5.26 Å². The van der Waals surface area contributed by atoms with Gasteiger partial charge in [0.15, 0.2) is 5.82 Å². The summed E-state index contributed by atoms with van der Waals surface area (Å²) < 4.78 is 15.7. The zero-order chi connectivity index (χ0) is 23.8. The topological polar surface area (TPSA) is 126 Å². The van der Waals surface area contributed by atoms with Crippen molar-refractivity contribution in [1.29, 1.82) is 5.26 Å². The first-order valence-electron chi connectivity index (χ1n) is 10.6. The van der Waals surface area contributed by atoms with Crippen molar-refractivity contribution in [3.8, 4) is 23.1 Å². The van der Waals surface area contributed by atoms with Crippen molar-refractivity contribution >= 4 is 33.6 Å². The van der Waals surface area contributed by atoms with Crippen molar-refractivity contribution < 1.29 is 19.4 Å². The Balaban J connectivity index is 1.59. The Morgan fingerprint density at radius 2 is 2.00 bits per heavy atom. The van der Waals surface area contributed by atoms with Crippen LogP contribution in [0.2, 0.25) is 0 Å². The zero-order valence-electron chi connectivity index (χ0n) is 17.9. The van der Waals surface area contributed by atoms with Crippen LogP contribution in [-0.4, -0.2) is 61.8 Å². The van der Waals surface area contributed by atoms with Crippen LogP contribution in [0.4, 0.5) is 15.0 Å². The summed E-state index contributed by atoms with van der Waals surface area (Å²) in [6.45, 7) is 0.768. The number of halogens is 1. The number of carbonyl (C=O) groups is 1. The van der Waals surface area contributed by atoms with E-state index in [1.807, 2.05) is 35.2 Å². The molecule has 0 saturated carbocycles. The molecule has 1 aliphatic rings.